The van der Waals surface area contributed by atoms with Crippen LogP contribution in [0.5, 0.6) is 5.75 Å². The van der Waals surface area contributed by atoms with Gasteiger partial charge in [-0.25, -0.2) is 9.97 Å². The van der Waals surface area contributed by atoms with Gasteiger partial charge in [-0.1, -0.05) is 18.2 Å². The first-order valence-electron chi connectivity index (χ1n) is 10.8. The van der Waals surface area contributed by atoms with E-state index in [1.54, 1.807) is 7.11 Å². The van der Waals surface area contributed by atoms with Crippen LogP contribution in [0.2, 0.25) is 0 Å². The highest BCUT2D eigenvalue weighted by Gasteiger charge is 2.25. The Bertz CT molecular complexity index is 912. The predicted molar refractivity (Wildman–Crippen MR) is 124 cm³/mol. The number of hydrogen-bond acceptors (Lipinski definition) is 8. The minimum absolute atomic E-state index is 0.154. The Kier molecular flexibility index (Phi) is 7.18. The van der Waals surface area contributed by atoms with Crippen LogP contribution in [-0.2, 0) is 14.3 Å². The molecule has 2 fully saturated rings. The molecule has 170 valence electrons. The van der Waals surface area contributed by atoms with E-state index in [0.29, 0.717) is 64.1 Å². The normalized spacial score (nSPS) is 16.9. The molecule has 0 bridgehead atoms. The summed E-state index contributed by atoms with van der Waals surface area (Å²) in [4.78, 5) is 26.0. The Labute approximate surface area is 188 Å². The molecule has 2 aliphatic heterocycles. The van der Waals surface area contributed by atoms with E-state index in [2.05, 4.69) is 15.1 Å². The van der Waals surface area contributed by atoms with Gasteiger partial charge in [-0.05, 0) is 23.8 Å². The molecule has 9 nitrogen and oxygen atoms in total. The molecule has 2 aromatic rings. The molecule has 0 aliphatic carbocycles. The molecule has 0 saturated carbocycles. The third-order valence-corrected chi connectivity index (χ3v) is 5.35. The predicted octanol–water partition coefficient (Wildman–Crippen LogP) is 2.29. The highest BCUT2D eigenvalue weighted by Crippen LogP contribution is 2.34. The third-order valence-electron chi connectivity index (χ3n) is 5.35. The van der Waals surface area contributed by atoms with E-state index in [4.69, 9.17) is 24.2 Å². The topological polar surface area (TPSA) is 89.1 Å². The van der Waals surface area contributed by atoms with E-state index in [1.807, 2.05) is 36.4 Å². The van der Waals surface area contributed by atoms with Gasteiger partial charge in [-0.2, -0.15) is 0 Å². The number of anilines is 3. The molecule has 0 radical (unpaired) electrons. The number of carbonyl (C=O) groups is 1. The van der Waals surface area contributed by atoms with Crippen LogP contribution in [0, 0.1) is 0 Å². The second-order valence-corrected chi connectivity index (χ2v) is 7.59. The van der Waals surface area contributed by atoms with E-state index < -0.39 is 0 Å². The summed E-state index contributed by atoms with van der Waals surface area (Å²) in [5, 5.41) is 2.98. The van der Waals surface area contributed by atoms with Gasteiger partial charge in [-0.15, -0.1) is 0 Å². The zero-order valence-corrected chi connectivity index (χ0v) is 18.5. The fraction of sp³-hybridized carbons (Fsp3) is 0.435. The summed E-state index contributed by atoms with van der Waals surface area (Å²) < 4.78 is 16.3. The Morgan fingerprint density at radius 2 is 1.47 bits per heavy atom. The first-order chi connectivity index (χ1) is 15.6. The number of aromatic nitrogens is 2. The number of amides is 1. The van der Waals surface area contributed by atoms with Crippen molar-refractivity contribution in [2.75, 3.05) is 74.8 Å². The highest BCUT2D eigenvalue weighted by atomic mass is 16.5. The summed E-state index contributed by atoms with van der Waals surface area (Å²) in [6.45, 7) is 6.79. The van der Waals surface area contributed by atoms with Crippen LogP contribution in [0.3, 0.4) is 0 Å². The van der Waals surface area contributed by atoms with Crippen LogP contribution < -0.4 is 19.9 Å². The maximum atomic E-state index is 12.1. The number of methoxy groups -OCH3 is 1. The Morgan fingerprint density at radius 3 is 1.94 bits per heavy atom. The van der Waals surface area contributed by atoms with Crippen molar-refractivity contribution in [3.8, 4) is 5.75 Å². The first kappa shape index (κ1) is 22.0. The number of rotatable bonds is 6. The van der Waals surface area contributed by atoms with Crippen molar-refractivity contribution in [3.05, 3.63) is 35.7 Å². The monoisotopic (exact) mass is 439 g/mol. The van der Waals surface area contributed by atoms with Gasteiger partial charge in [0, 0.05) is 33.1 Å². The van der Waals surface area contributed by atoms with Gasteiger partial charge in [-0.3, -0.25) is 4.79 Å². The summed E-state index contributed by atoms with van der Waals surface area (Å²) in [6.07, 6.45) is 3.87. The number of nitrogens with zero attached hydrogens (tertiary/aromatic N) is 4. The van der Waals surface area contributed by atoms with Gasteiger partial charge < -0.3 is 29.3 Å². The zero-order chi connectivity index (χ0) is 22.3. The minimum atomic E-state index is -0.154. The van der Waals surface area contributed by atoms with Gasteiger partial charge >= 0.3 is 0 Å². The van der Waals surface area contributed by atoms with Crippen molar-refractivity contribution in [2.45, 2.75) is 6.92 Å². The molecule has 32 heavy (non-hydrogen) atoms. The number of ether oxygens (including phenoxy) is 3. The Morgan fingerprint density at radius 1 is 0.938 bits per heavy atom. The van der Waals surface area contributed by atoms with Crippen LogP contribution in [0.15, 0.2) is 24.3 Å². The molecule has 9 heteroatoms. The molecule has 0 spiro atoms. The fourth-order valence-corrected chi connectivity index (χ4v) is 3.71. The summed E-state index contributed by atoms with van der Waals surface area (Å²) in [5.41, 5.74) is 1.66. The number of nitrogens with one attached hydrogen (secondary N) is 1. The maximum absolute atomic E-state index is 12.1. The van der Waals surface area contributed by atoms with Gasteiger partial charge in [0.1, 0.15) is 11.4 Å². The molecule has 3 heterocycles. The zero-order valence-electron chi connectivity index (χ0n) is 18.5. The number of hydrogen-bond donors (Lipinski definition) is 1. The average Bonchev–Trinajstić information content (AvgIpc) is 2.84. The van der Waals surface area contributed by atoms with Crippen LogP contribution in [0.25, 0.3) is 12.2 Å². The molecule has 1 aromatic heterocycles. The second kappa shape index (κ2) is 10.4. The van der Waals surface area contributed by atoms with Gasteiger partial charge in [0.05, 0.1) is 33.5 Å². The van der Waals surface area contributed by atoms with Crippen LogP contribution in [-0.4, -0.2) is 75.6 Å². The molecule has 1 aromatic carbocycles. The number of morpholine rings is 2. The van der Waals surface area contributed by atoms with Crippen molar-refractivity contribution >= 4 is 35.4 Å². The summed E-state index contributed by atoms with van der Waals surface area (Å²) in [5.74, 6) is 2.67. The fourth-order valence-electron chi connectivity index (χ4n) is 3.71. The standard InChI is InChI=1S/C23H29N5O4/c1-17(29)24-21-22(27-9-13-31-14-10-27)25-20(26-23(21)28-11-15-32-16-12-28)8-5-18-3-6-19(30-2)7-4-18/h3-8H,9-16H2,1-2H3,(H,24,29)/b8-5+. The molecule has 2 aliphatic rings. The quantitative estimate of drug-likeness (QED) is 0.734. The summed E-state index contributed by atoms with van der Waals surface area (Å²) in [6, 6.07) is 7.79. The number of carbonyl (C=O) groups excluding carboxylic acids is 1. The van der Waals surface area contributed by atoms with Crippen molar-refractivity contribution in [2.24, 2.45) is 0 Å². The molecule has 1 amide bonds. The summed E-state index contributed by atoms with van der Waals surface area (Å²) in [7, 11) is 1.65. The highest BCUT2D eigenvalue weighted by molar-refractivity contribution is 5.96. The molecular weight excluding hydrogens is 410 g/mol. The SMILES string of the molecule is COc1ccc(/C=C/c2nc(N3CCOCC3)c(NC(C)=O)c(N3CCOCC3)n2)cc1. The molecule has 1 N–H and O–H groups in total. The lowest BCUT2D eigenvalue weighted by Crippen LogP contribution is -2.40. The van der Waals surface area contributed by atoms with Crippen LogP contribution in [0.1, 0.15) is 18.3 Å². The number of benzene rings is 1. The lowest BCUT2D eigenvalue weighted by molar-refractivity contribution is -0.114. The second-order valence-electron chi connectivity index (χ2n) is 7.59. The summed E-state index contributed by atoms with van der Waals surface area (Å²) >= 11 is 0. The lowest BCUT2D eigenvalue weighted by Gasteiger charge is -2.33. The van der Waals surface area contributed by atoms with E-state index in [1.165, 1.54) is 6.92 Å². The van der Waals surface area contributed by atoms with E-state index in [-0.39, 0.29) is 5.91 Å². The van der Waals surface area contributed by atoms with Crippen LogP contribution in [0.4, 0.5) is 17.3 Å². The molecule has 4 rings (SSSR count). The van der Waals surface area contributed by atoms with Gasteiger partial charge in [0.25, 0.3) is 0 Å². The van der Waals surface area contributed by atoms with Crippen LogP contribution >= 0.6 is 0 Å². The Hall–Kier alpha value is -3.17. The van der Waals surface area contributed by atoms with E-state index in [0.717, 1.165) is 22.9 Å². The van der Waals surface area contributed by atoms with Crippen molar-refractivity contribution in [1.29, 1.82) is 0 Å². The van der Waals surface area contributed by atoms with Gasteiger partial charge in [0.2, 0.25) is 5.91 Å². The molecular formula is C23H29N5O4. The Balaban J connectivity index is 1.74. The third kappa shape index (κ3) is 5.35. The lowest BCUT2D eigenvalue weighted by atomic mass is 10.2. The van der Waals surface area contributed by atoms with E-state index >= 15 is 0 Å². The van der Waals surface area contributed by atoms with E-state index in [9.17, 15) is 4.79 Å². The van der Waals surface area contributed by atoms with Crippen molar-refractivity contribution in [3.63, 3.8) is 0 Å². The maximum Gasteiger partial charge on any atom is 0.221 e. The molecule has 0 unspecified atom stereocenters. The van der Waals surface area contributed by atoms with Crippen molar-refractivity contribution < 1.29 is 19.0 Å². The molecule has 0 atom stereocenters. The average molecular weight is 440 g/mol. The largest absolute Gasteiger partial charge is 0.497 e. The smallest absolute Gasteiger partial charge is 0.221 e. The molecule has 2 saturated heterocycles. The first-order valence-corrected chi connectivity index (χ1v) is 10.8. The van der Waals surface area contributed by atoms with Crippen molar-refractivity contribution in [1.82, 2.24) is 9.97 Å². The minimum Gasteiger partial charge on any atom is -0.497 e. The van der Waals surface area contributed by atoms with Gasteiger partial charge in [0.15, 0.2) is 17.5 Å².